The summed E-state index contributed by atoms with van der Waals surface area (Å²) in [6.45, 7) is 4.13. The van der Waals surface area contributed by atoms with Gasteiger partial charge in [0.25, 0.3) is 0 Å². The Labute approximate surface area is 140 Å². The Kier molecular flexibility index (Phi) is 5.46. The molecule has 23 heavy (non-hydrogen) atoms. The summed E-state index contributed by atoms with van der Waals surface area (Å²) in [7, 11) is 0. The Hall–Kier alpha value is -2.25. The van der Waals surface area contributed by atoms with E-state index in [2.05, 4.69) is 18.8 Å². The van der Waals surface area contributed by atoms with Crippen molar-refractivity contribution in [3.8, 4) is 12.1 Å². The molecule has 0 saturated carbocycles. The van der Waals surface area contributed by atoms with Crippen LogP contribution in [0.3, 0.4) is 0 Å². The monoisotopic (exact) mass is 329 g/mol. The van der Waals surface area contributed by atoms with Gasteiger partial charge in [0.15, 0.2) is 0 Å². The van der Waals surface area contributed by atoms with Crippen molar-refractivity contribution in [2.75, 3.05) is 11.5 Å². The van der Waals surface area contributed by atoms with Crippen molar-refractivity contribution < 1.29 is 4.79 Å². The molecule has 1 aliphatic heterocycles. The van der Waals surface area contributed by atoms with Gasteiger partial charge in [-0.25, -0.2) is 4.98 Å². The quantitative estimate of drug-likeness (QED) is 0.853. The molecule has 7 heteroatoms. The topological polar surface area (TPSA) is 107 Å². The minimum atomic E-state index is 0.0447. The van der Waals surface area contributed by atoms with Crippen molar-refractivity contribution in [1.82, 2.24) is 9.88 Å². The molecule has 120 valence electrons. The number of carbonyl (C=O) groups is 1. The van der Waals surface area contributed by atoms with Crippen LogP contribution in [-0.4, -0.2) is 33.6 Å². The van der Waals surface area contributed by atoms with Crippen LogP contribution in [0.1, 0.15) is 44.2 Å². The van der Waals surface area contributed by atoms with Crippen molar-refractivity contribution in [2.45, 2.75) is 50.2 Å². The highest BCUT2D eigenvalue weighted by molar-refractivity contribution is 8.00. The maximum absolute atomic E-state index is 12.5. The summed E-state index contributed by atoms with van der Waals surface area (Å²) < 4.78 is 0. The lowest BCUT2D eigenvalue weighted by molar-refractivity contribution is -0.134. The number of carbonyl (C=O) groups excluding carboxylic acids is 1. The summed E-state index contributed by atoms with van der Waals surface area (Å²) in [6, 6.07) is 5.80. The lowest BCUT2D eigenvalue weighted by atomic mass is 9.98. The number of nitrogen functional groups attached to an aromatic ring is 1. The van der Waals surface area contributed by atoms with Crippen molar-refractivity contribution >= 4 is 23.5 Å². The highest BCUT2D eigenvalue weighted by atomic mass is 32.2. The second kappa shape index (κ2) is 7.34. The number of nitrogens with two attached hydrogens (primary N) is 1. The fraction of sp³-hybridized carbons (Fsp3) is 0.500. The lowest BCUT2D eigenvalue weighted by Crippen LogP contribution is -2.48. The number of hydrogen-bond acceptors (Lipinski definition) is 6. The molecule has 2 heterocycles. The van der Waals surface area contributed by atoms with Crippen molar-refractivity contribution in [2.24, 2.45) is 0 Å². The van der Waals surface area contributed by atoms with E-state index >= 15 is 0 Å². The van der Waals surface area contributed by atoms with E-state index in [4.69, 9.17) is 11.0 Å². The number of likely N-dealkylation sites (tertiary alicyclic amines) is 1. The van der Waals surface area contributed by atoms with Gasteiger partial charge < -0.3 is 10.6 Å². The molecule has 0 aliphatic carbocycles. The molecule has 6 nitrogen and oxygen atoms in total. The third kappa shape index (κ3) is 3.75. The van der Waals surface area contributed by atoms with E-state index in [0.29, 0.717) is 5.03 Å². The number of rotatable bonds is 3. The molecule has 1 aromatic rings. The summed E-state index contributed by atoms with van der Waals surface area (Å²) in [5, 5.41) is 18.5. The zero-order valence-electron chi connectivity index (χ0n) is 13.2. The zero-order chi connectivity index (χ0) is 17.0. The Morgan fingerprint density at radius 3 is 2.52 bits per heavy atom. The van der Waals surface area contributed by atoms with E-state index in [-0.39, 0.29) is 40.7 Å². The molecular weight excluding hydrogens is 310 g/mol. The van der Waals surface area contributed by atoms with Crippen LogP contribution in [-0.2, 0) is 4.79 Å². The normalized spacial score (nSPS) is 20.6. The smallest absolute Gasteiger partial charge is 0.233 e. The summed E-state index contributed by atoms with van der Waals surface area (Å²) >= 11 is 1.20. The molecule has 1 fully saturated rings. The number of aromatic nitrogens is 1. The molecule has 0 radical (unpaired) electrons. The zero-order valence-corrected chi connectivity index (χ0v) is 14.1. The molecular formula is C16H19N5OS. The molecule has 0 aromatic carbocycles. The summed E-state index contributed by atoms with van der Waals surface area (Å²) in [5.41, 5.74) is 6.15. The minimum Gasteiger partial charge on any atom is -0.383 e. The molecule has 2 N–H and O–H groups in total. The van der Waals surface area contributed by atoms with E-state index in [0.717, 1.165) is 19.3 Å². The van der Waals surface area contributed by atoms with E-state index in [1.165, 1.54) is 17.8 Å². The van der Waals surface area contributed by atoms with Gasteiger partial charge in [-0.05, 0) is 39.2 Å². The van der Waals surface area contributed by atoms with Crippen LogP contribution in [0.15, 0.2) is 11.1 Å². The summed E-state index contributed by atoms with van der Waals surface area (Å²) in [5.74, 6) is 0.339. The lowest BCUT2D eigenvalue weighted by Gasteiger charge is -2.39. The van der Waals surface area contributed by atoms with Gasteiger partial charge in [-0.1, -0.05) is 11.8 Å². The molecule has 0 spiro atoms. The number of nitrogens with zero attached hydrogens (tertiary/aromatic N) is 4. The van der Waals surface area contributed by atoms with Gasteiger partial charge >= 0.3 is 0 Å². The number of nitriles is 2. The van der Waals surface area contributed by atoms with Crippen LogP contribution < -0.4 is 5.73 Å². The average molecular weight is 329 g/mol. The molecule has 2 atom stereocenters. The average Bonchev–Trinajstić information content (AvgIpc) is 2.52. The van der Waals surface area contributed by atoms with Gasteiger partial charge in [-0.15, -0.1) is 0 Å². The highest BCUT2D eigenvalue weighted by Crippen LogP contribution is 2.27. The SMILES string of the molecule is C[C@@H]1CCC[C@@H](C)N1C(=O)CSc1nc(N)c(C#N)cc1C#N. The predicted octanol–water partition coefficient (Wildman–Crippen LogP) is 2.29. The van der Waals surface area contributed by atoms with Gasteiger partial charge in [-0.3, -0.25) is 4.79 Å². The fourth-order valence-electron chi connectivity index (χ4n) is 2.91. The van der Waals surface area contributed by atoms with Gasteiger partial charge in [0.05, 0.1) is 16.9 Å². The predicted molar refractivity (Wildman–Crippen MR) is 88.4 cm³/mol. The third-order valence-electron chi connectivity index (χ3n) is 4.07. The number of thioether (sulfide) groups is 1. The maximum atomic E-state index is 12.5. The van der Waals surface area contributed by atoms with Gasteiger partial charge in [0.2, 0.25) is 5.91 Å². The Morgan fingerprint density at radius 1 is 1.35 bits per heavy atom. The molecule has 2 rings (SSSR count). The van der Waals surface area contributed by atoms with E-state index in [1.807, 2.05) is 17.0 Å². The Morgan fingerprint density at radius 2 is 1.96 bits per heavy atom. The van der Waals surface area contributed by atoms with Crippen LogP contribution in [0.25, 0.3) is 0 Å². The largest absolute Gasteiger partial charge is 0.383 e. The first-order valence-corrected chi connectivity index (χ1v) is 8.51. The highest BCUT2D eigenvalue weighted by Gasteiger charge is 2.28. The number of piperidine rings is 1. The number of hydrogen-bond donors (Lipinski definition) is 1. The van der Waals surface area contributed by atoms with Crippen LogP contribution in [0.2, 0.25) is 0 Å². The first-order valence-electron chi connectivity index (χ1n) is 7.52. The van der Waals surface area contributed by atoms with Crippen LogP contribution in [0.5, 0.6) is 0 Å². The first-order chi connectivity index (χ1) is 11.0. The number of amides is 1. The molecule has 1 saturated heterocycles. The van der Waals surface area contributed by atoms with Crippen molar-refractivity contribution in [1.29, 1.82) is 10.5 Å². The molecule has 1 amide bonds. The van der Waals surface area contributed by atoms with Gasteiger partial charge in [0, 0.05) is 12.1 Å². The first kappa shape index (κ1) is 17.1. The van der Waals surface area contributed by atoms with Crippen LogP contribution >= 0.6 is 11.8 Å². The van der Waals surface area contributed by atoms with E-state index in [9.17, 15) is 10.1 Å². The summed E-state index contributed by atoms with van der Waals surface area (Å²) in [6.07, 6.45) is 3.18. The Balaban J connectivity index is 2.12. The van der Waals surface area contributed by atoms with Crippen LogP contribution in [0.4, 0.5) is 5.82 Å². The minimum absolute atomic E-state index is 0.0447. The van der Waals surface area contributed by atoms with E-state index in [1.54, 1.807) is 0 Å². The van der Waals surface area contributed by atoms with Gasteiger partial charge in [0.1, 0.15) is 23.0 Å². The second-order valence-corrected chi connectivity index (χ2v) is 6.68. The molecule has 1 aliphatic rings. The standard InChI is InChI=1S/C16H19N5OS/c1-10-4-3-5-11(2)21(10)14(22)9-23-16-13(8-18)6-12(7-17)15(19)20-16/h6,10-11H,3-5,9H2,1-2H3,(H2,19,20)/t10-,11-/m1/s1. The van der Waals surface area contributed by atoms with Gasteiger partial charge in [-0.2, -0.15) is 10.5 Å². The second-order valence-electron chi connectivity index (χ2n) is 5.72. The van der Waals surface area contributed by atoms with E-state index < -0.39 is 0 Å². The Bertz CT molecular complexity index is 681. The maximum Gasteiger partial charge on any atom is 0.233 e. The van der Waals surface area contributed by atoms with Crippen molar-refractivity contribution in [3.05, 3.63) is 17.2 Å². The number of anilines is 1. The molecule has 1 aromatic heterocycles. The fourth-order valence-corrected chi connectivity index (χ4v) is 3.74. The van der Waals surface area contributed by atoms with Crippen molar-refractivity contribution in [3.63, 3.8) is 0 Å². The third-order valence-corrected chi connectivity index (χ3v) is 5.05. The molecule has 0 bridgehead atoms. The number of pyridine rings is 1. The summed E-state index contributed by atoms with van der Waals surface area (Å²) in [4.78, 5) is 18.5. The van der Waals surface area contributed by atoms with Crippen LogP contribution in [0, 0.1) is 22.7 Å². The molecule has 0 unspecified atom stereocenters.